The number of methoxy groups -OCH3 is 1. The van der Waals surface area contributed by atoms with E-state index < -0.39 is 0 Å². The number of amides is 2. The van der Waals surface area contributed by atoms with Crippen LogP contribution in [0.5, 0.6) is 0 Å². The normalized spacial score (nSPS) is 23.8. The third-order valence-corrected chi connectivity index (χ3v) is 5.89. The van der Waals surface area contributed by atoms with E-state index in [1.165, 1.54) is 7.11 Å². The van der Waals surface area contributed by atoms with E-state index >= 15 is 0 Å². The zero-order chi connectivity index (χ0) is 21.0. The molecule has 0 radical (unpaired) electrons. The summed E-state index contributed by atoms with van der Waals surface area (Å²) in [5.74, 6) is -0.753. The van der Waals surface area contributed by atoms with Crippen molar-refractivity contribution in [2.45, 2.75) is 44.6 Å². The van der Waals surface area contributed by atoms with Gasteiger partial charge in [0.2, 0.25) is 11.8 Å². The molecule has 1 saturated carbocycles. The number of nitrogens with one attached hydrogen (secondary N) is 2. The van der Waals surface area contributed by atoms with E-state index in [4.69, 9.17) is 15.9 Å². The monoisotopic (exact) mass is 436 g/mol. The molecule has 30 heavy (non-hydrogen) atoms. The molecule has 2 fully saturated rings. The predicted octanol–water partition coefficient (Wildman–Crippen LogP) is 1.98. The minimum Gasteiger partial charge on any atom is -0.469 e. The molecule has 1 unspecified atom stereocenters. The number of anilines is 1. The van der Waals surface area contributed by atoms with Crippen molar-refractivity contribution in [3.05, 3.63) is 29.8 Å². The molecule has 0 aromatic heterocycles. The van der Waals surface area contributed by atoms with Crippen LogP contribution in [0.2, 0.25) is 0 Å². The van der Waals surface area contributed by atoms with Gasteiger partial charge in [0.25, 0.3) is 0 Å². The molecule has 3 rings (SSSR count). The van der Waals surface area contributed by atoms with Gasteiger partial charge in [-0.3, -0.25) is 19.8 Å². The summed E-state index contributed by atoms with van der Waals surface area (Å²) in [6.07, 6.45) is 3.71. The van der Waals surface area contributed by atoms with Crippen LogP contribution in [0, 0.1) is 17.2 Å². The first-order chi connectivity index (χ1) is 13.9. The molecule has 1 aliphatic carbocycles. The third kappa shape index (κ3) is 5.50. The Hall–Kier alpha value is -2.61. The number of ether oxygens (including phenoxy) is 1. The fraction of sp³-hybridized carbons (Fsp3) is 0.524. The number of halogens is 1. The van der Waals surface area contributed by atoms with Crippen molar-refractivity contribution < 1.29 is 19.1 Å². The first-order valence-corrected chi connectivity index (χ1v) is 10.0. The highest BCUT2D eigenvalue weighted by molar-refractivity contribution is 5.99. The minimum absolute atomic E-state index is 0. The molecule has 1 heterocycles. The third-order valence-electron chi connectivity index (χ3n) is 5.89. The second kappa shape index (κ2) is 10.4. The Morgan fingerprint density at radius 1 is 1.10 bits per heavy atom. The van der Waals surface area contributed by atoms with Crippen molar-refractivity contribution in [1.29, 1.82) is 5.41 Å². The quantitative estimate of drug-likeness (QED) is 0.369. The number of nitrogens with zero attached hydrogens (tertiary/aromatic N) is 1. The number of amidine groups is 1. The van der Waals surface area contributed by atoms with Gasteiger partial charge in [-0.2, -0.15) is 0 Å². The van der Waals surface area contributed by atoms with Crippen LogP contribution in [0.25, 0.3) is 0 Å². The zero-order valence-corrected chi connectivity index (χ0v) is 17.9. The number of piperidine rings is 1. The van der Waals surface area contributed by atoms with E-state index in [1.54, 1.807) is 29.2 Å². The van der Waals surface area contributed by atoms with Gasteiger partial charge in [-0.25, -0.2) is 0 Å². The van der Waals surface area contributed by atoms with E-state index in [1.807, 2.05) is 0 Å². The maximum Gasteiger partial charge on any atom is 0.308 e. The maximum absolute atomic E-state index is 12.6. The van der Waals surface area contributed by atoms with Crippen molar-refractivity contribution in [2.24, 2.45) is 17.6 Å². The Bertz CT molecular complexity index is 791. The van der Waals surface area contributed by atoms with Gasteiger partial charge in [-0.1, -0.05) is 0 Å². The second-order valence-electron chi connectivity index (χ2n) is 7.78. The van der Waals surface area contributed by atoms with Crippen LogP contribution in [-0.2, 0) is 19.1 Å². The van der Waals surface area contributed by atoms with Crippen LogP contribution in [-0.4, -0.2) is 43.3 Å². The Morgan fingerprint density at radius 2 is 1.73 bits per heavy atom. The van der Waals surface area contributed by atoms with Gasteiger partial charge in [0.1, 0.15) is 5.84 Å². The van der Waals surface area contributed by atoms with Gasteiger partial charge < -0.3 is 20.7 Å². The topological polar surface area (TPSA) is 126 Å². The fourth-order valence-corrected chi connectivity index (χ4v) is 4.11. The standard InChI is InChI=1S/C21H28N4O4.ClH/c1-29-21(28)14-2-6-16(7-3-14)24-20(27)15-10-11-25(18(26)12-15)17-8-4-13(5-9-17)19(22)23;/h4-5,8-9,14-16H,2-3,6-7,10-12H2,1H3,(H3,22,23)(H,24,27);1H/t14-,15?,16-;. The molecule has 1 aliphatic heterocycles. The van der Waals surface area contributed by atoms with E-state index in [0.717, 1.165) is 18.5 Å². The summed E-state index contributed by atoms with van der Waals surface area (Å²) in [4.78, 5) is 38.5. The van der Waals surface area contributed by atoms with Gasteiger partial charge in [0, 0.05) is 36.2 Å². The molecular weight excluding hydrogens is 408 g/mol. The lowest BCUT2D eigenvalue weighted by Gasteiger charge is -2.33. The van der Waals surface area contributed by atoms with Crippen LogP contribution >= 0.6 is 12.4 Å². The van der Waals surface area contributed by atoms with Crippen molar-refractivity contribution >= 4 is 41.7 Å². The summed E-state index contributed by atoms with van der Waals surface area (Å²) in [5, 5.41) is 10.5. The molecule has 0 bridgehead atoms. The van der Waals surface area contributed by atoms with Crippen molar-refractivity contribution in [3.63, 3.8) is 0 Å². The zero-order valence-electron chi connectivity index (χ0n) is 17.1. The molecule has 8 nitrogen and oxygen atoms in total. The summed E-state index contributed by atoms with van der Waals surface area (Å²) >= 11 is 0. The Kier molecular flexibility index (Phi) is 8.23. The van der Waals surface area contributed by atoms with E-state index in [9.17, 15) is 14.4 Å². The number of hydrogen-bond acceptors (Lipinski definition) is 5. The lowest BCUT2D eigenvalue weighted by atomic mass is 9.85. The summed E-state index contributed by atoms with van der Waals surface area (Å²) in [6.45, 7) is 0.478. The van der Waals surface area contributed by atoms with Crippen LogP contribution in [0.1, 0.15) is 44.1 Å². The average Bonchev–Trinajstić information content (AvgIpc) is 2.73. The number of benzene rings is 1. The van der Waals surface area contributed by atoms with E-state index in [2.05, 4.69) is 5.32 Å². The number of nitrogen functional groups attached to an aromatic ring is 1. The lowest BCUT2D eigenvalue weighted by molar-refractivity contribution is -0.146. The molecule has 0 spiro atoms. The summed E-state index contributed by atoms with van der Waals surface area (Å²) in [7, 11) is 1.40. The first-order valence-electron chi connectivity index (χ1n) is 10.0. The molecule has 1 saturated heterocycles. The number of rotatable bonds is 5. The van der Waals surface area contributed by atoms with Crippen LogP contribution in [0.15, 0.2) is 24.3 Å². The average molecular weight is 437 g/mol. The molecule has 9 heteroatoms. The highest BCUT2D eigenvalue weighted by atomic mass is 35.5. The van der Waals surface area contributed by atoms with E-state index in [0.29, 0.717) is 31.4 Å². The summed E-state index contributed by atoms with van der Waals surface area (Å²) in [6, 6.07) is 7.03. The van der Waals surface area contributed by atoms with Gasteiger partial charge >= 0.3 is 5.97 Å². The van der Waals surface area contributed by atoms with Crippen LogP contribution < -0.4 is 16.0 Å². The Balaban J connectivity index is 0.00000320. The number of carbonyl (C=O) groups excluding carboxylic acids is 3. The first kappa shape index (κ1) is 23.7. The Morgan fingerprint density at radius 3 is 2.27 bits per heavy atom. The highest BCUT2D eigenvalue weighted by Gasteiger charge is 2.33. The van der Waals surface area contributed by atoms with Crippen molar-refractivity contribution in [1.82, 2.24) is 5.32 Å². The summed E-state index contributed by atoms with van der Waals surface area (Å²) in [5.41, 5.74) is 6.82. The van der Waals surface area contributed by atoms with Crippen LogP contribution in [0.4, 0.5) is 5.69 Å². The summed E-state index contributed by atoms with van der Waals surface area (Å²) < 4.78 is 4.79. The molecule has 2 amide bonds. The Labute approximate surface area is 182 Å². The largest absolute Gasteiger partial charge is 0.469 e. The highest BCUT2D eigenvalue weighted by Crippen LogP contribution is 2.28. The van der Waals surface area contributed by atoms with Gasteiger partial charge in [-0.15, -0.1) is 12.4 Å². The molecule has 2 aliphatic rings. The number of nitrogens with two attached hydrogens (primary N) is 1. The minimum atomic E-state index is -0.325. The SMILES string of the molecule is COC(=O)[C@H]1CC[C@H](NC(=O)C2CCN(c3ccc(C(=N)N)cc3)C(=O)C2)CC1.Cl. The maximum atomic E-state index is 12.6. The molecule has 4 N–H and O–H groups in total. The second-order valence-corrected chi connectivity index (χ2v) is 7.78. The predicted molar refractivity (Wildman–Crippen MR) is 116 cm³/mol. The number of carbonyl (C=O) groups is 3. The van der Waals surface area contributed by atoms with E-state index in [-0.39, 0.29) is 60.3 Å². The lowest BCUT2D eigenvalue weighted by Crippen LogP contribution is -2.47. The number of esters is 1. The molecular formula is C21H29ClN4O4. The van der Waals surface area contributed by atoms with Gasteiger partial charge in [-0.05, 0) is 56.4 Å². The molecule has 1 aromatic rings. The smallest absolute Gasteiger partial charge is 0.308 e. The van der Waals surface area contributed by atoms with Gasteiger partial charge in [0.05, 0.1) is 13.0 Å². The van der Waals surface area contributed by atoms with Crippen molar-refractivity contribution in [3.8, 4) is 0 Å². The van der Waals surface area contributed by atoms with Crippen LogP contribution in [0.3, 0.4) is 0 Å². The molecule has 164 valence electrons. The molecule has 1 aromatic carbocycles. The van der Waals surface area contributed by atoms with Crippen molar-refractivity contribution in [2.75, 3.05) is 18.6 Å². The fourth-order valence-electron chi connectivity index (χ4n) is 4.11. The van der Waals surface area contributed by atoms with Gasteiger partial charge in [0.15, 0.2) is 0 Å². The molecule has 1 atom stereocenters. The number of hydrogen-bond donors (Lipinski definition) is 3.